The first kappa shape index (κ1) is 11.9. The van der Waals surface area contributed by atoms with Crippen LogP contribution in [-0.2, 0) is 0 Å². The van der Waals surface area contributed by atoms with E-state index in [-0.39, 0.29) is 5.82 Å². The Morgan fingerprint density at radius 3 is 2.74 bits per heavy atom. The molecule has 0 aliphatic heterocycles. The molecule has 19 heavy (non-hydrogen) atoms. The average molecular weight is 315 g/mol. The van der Waals surface area contributed by atoms with Crippen LogP contribution in [0.15, 0.2) is 53.1 Å². The Kier molecular flexibility index (Phi) is 2.84. The minimum absolute atomic E-state index is 0.326. The van der Waals surface area contributed by atoms with Crippen LogP contribution in [0.25, 0.3) is 16.6 Å². The predicted molar refractivity (Wildman–Crippen MR) is 75.6 cm³/mol. The molecule has 0 N–H and O–H groups in total. The summed E-state index contributed by atoms with van der Waals surface area (Å²) in [6, 6.07) is 14.4. The second kappa shape index (κ2) is 4.52. The SMILES string of the molecule is N#Cc1cn(-c2cc(Br)ccc2F)c2ccccc12. The average Bonchev–Trinajstić information content (AvgIpc) is 2.80. The maximum absolute atomic E-state index is 14.0. The molecule has 0 aliphatic rings. The molecular formula is C15H8BrFN2. The summed E-state index contributed by atoms with van der Waals surface area (Å²) in [7, 11) is 0. The third-order valence-corrected chi connectivity index (χ3v) is 3.49. The van der Waals surface area contributed by atoms with Gasteiger partial charge in [0, 0.05) is 16.1 Å². The van der Waals surface area contributed by atoms with E-state index in [4.69, 9.17) is 5.26 Å². The fourth-order valence-corrected chi connectivity index (χ4v) is 2.49. The van der Waals surface area contributed by atoms with E-state index in [9.17, 15) is 4.39 Å². The molecule has 1 heterocycles. The van der Waals surface area contributed by atoms with Gasteiger partial charge in [-0.2, -0.15) is 5.26 Å². The molecule has 2 nitrogen and oxygen atoms in total. The number of benzene rings is 2. The minimum atomic E-state index is -0.326. The summed E-state index contributed by atoms with van der Waals surface area (Å²) in [5.41, 5.74) is 1.78. The highest BCUT2D eigenvalue weighted by atomic mass is 79.9. The van der Waals surface area contributed by atoms with Crippen LogP contribution in [0.2, 0.25) is 0 Å². The summed E-state index contributed by atoms with van der Waals surface area (Å²) in [6.45, 7) is 0. The van der Waals surface area contributed by atoms with Gasteiger partial charge >= 0.3 is 0 Å². The zero-order chi connectivity index (χ0) is 13.4. The van der Waals surface area contributed by atoms with Crippen molar-refractivity contribution in [3.8, 4) is 11.8 Å². The lowest BCUT2D eigenvalue weighted by molar-refractivity contribution is 0.619. The van der Waals surface area contributed by atoms with E-state index in [1.807, 2.05) is 24.3 Å². The smallest absolute Gasteiger partial charge is 0.147 e. The number of nitrogens with zero attached hydrogens (tertiary/aromatic N) is 2. The highest BCUT2D eigenvalue weighted by Gasteiger charge is 2.12. The standard InChI is InChI=1S/C15H8BrFN2/c16-11-5-6-13(17)15(7-11)19-9-10(8-18)12-3-1-2-4-14(12)19/h1-7,9H. The quantitative estimate of drug-likeness (QED) is 0.654. The maximum atomic E-state index is 14.0. The molecule has 1 aromatic heterocycles. The number of hydrogen-bond donors (Lipinski definition) is 0. The van der Waals surface area contributed by atoms with E-state index in [0.717, 1.165) is 15.4 Å². The van der Waals surface area contributed by atoms with E-state index < -0.39 is 0 Å². The molecule has 0 unspecified atom stereocenters. The Bertz CT molecular complexity index is 815. The van der Waals surface area contributed by atoms with Crippen LogP contribution in [0.3, 0.4) is 0 Å². The molecule has 0 radical (unpaired) electrons. The molecule has 4 heteroatoms. The molecule has 3 rings (SSSR count). The topological polar surface area (TPSA) is 28.7 Å². The van der Waals surface area contributed by atoms with Crippen LogP contribution in [0, 0.1) is 17.1 Å². The van der Waals surface area contributed by atoms with Gasteiger partial charge in [0.1, 0.15) is 11.9 Å². The van der Waals surface area contributed by atoms with Crippen molar-refractivity contribution in [2.24, 2.45) is 0 Å². The summed E-state index contributed by atoms with van der Waals surface area (Å²) in [4.78, 5) is 0. The number of hydrogen-bond acceptors (Lipinski definition) is 1. The number of para-hydroxylation sites is 1. The second-order valence-corrected chi connectivity index (χ2v) is 5.05. The van der Waals surface area contributed by atoms with Gasteiger partial charge in [-0.15, -0.1) is 0 Å². The van der Waals surface area contributed by atoms with E-state index in [1.54, 1.807) is 22.9 Å². The lowest BCUT2D eigenvalue weighted by Crippen LogP contribution is -1.95. The van der Waals surface area contributed by atoms with Gasteiger partial charge in [-0.3, -0.25) is 0 Å². The van der Waals surface area contributed by atoms with Gasteiger partial charge in [0.25, 0.3) is 0 Å². The zero-order valence-electron chi connectivity index (χ0n) is 9.77. The van der Waals surface area contributed by atoms with Crippen LogP contribution < -0.4 is 0 Å². The summed E-state index contributed by atoms with van der Waals surface area (Å²) in [5, 5.41) is 9.98. The van der Waals surface area contributed by atoms with E-state index >= 15 is 0 Å². The van der Waals surface area contributed by atoms with Crippen molar-refractivity contribution in [1.82, 2.24) is 4.57 Å². The summed E-state index contributed by atoms with van der Waals surface area (Å²) < 4.78 is 16.5. The lowest BCUT2D eigenvalue weighted by Gasteiger charge is -2.07. The second-order valence-electron chi connectivity index (χ2n) is 4.14. The van der Waals surface area contributed by atoms with Gasteiger partial charge in [-0.25, -0.2) is 4.39 Å². The first-order chi connectivity index (χ1) is 9.20. The Morgan fingerprint density at radius 1 is 1.16 bits per heavy atom. The number of halogens is 2. The Hall–Kier alpha value is -2.12. The first-order valence-corrected chi connectivity index (χ1v) is 6.45. The number of nitriles is 1. The van der Waals surface area contributed by atoms with Crippen molar-refractivity contribution in [1.29, 1.82) is 5.26 Å². The number of aromatic nitrogens is 1. The van der Waals surface area contributed by atoms with Crippen molar-refractivity contribution in [2.75, 3.05) is 0 Å². The molecule has 0 atom stereocenters. The lowest BCUT2D eigenvalue weighted by atomic mass is 10.2. The molecule has 0 amide bonds. The van der Waals surface area contributed by atoms with Gasteiger partial charge in [0.15, 0.2) is 0 Å². The summed E-state index contributed by atoms with van der Waals surface area (Å²) in [6.07, 6.45) is 1.66. The molecule has 92 valence electrons. The third-order valence-electron chi connectivity index (χ3n) is 3.00. The first-order valence-electron chi connectivity index (χ1n) is 5.66. The van der Waals surface area contributed by atoms with Crippen LogP contribution in [0.5, 0.6) is 0 Å². The molecule has 0 bridgehead atoms. The Morgan fingerprint density at radius 2 is 1.95 bits per heavy atom. The van der Waals surface area contributed by atoms with Crippen LogP contribution >= 0.6 is 15.9 Å². The van der Waals surface area contributed by atoms with Crippen molar-refractivity contribution >= 4 is 26.8 Å². The molecule has 0 fully saturated rings. The van der Waals surface area contributed by atoms with Crippen molar-refractivity contribution in [2.45, 2.75) is 0 Å². The van der Waals surface area contributed by atoms with Crippen LogP contribution in [0.1, 0.15) is 5.56 Å². The molecule has 0 saturated heterocycles. The van der Waals surface area contributed by atoms with Crippen molar-refractivity contribution in [3.05, 3.63) is 64.5 Å². The highest BCUT2D eigenvalue weighted by Crippen LogP contribution is 2.27. The minimum Gasteiger partial charge on any atom is -0.312 e. The molecular weight excluding hydrogens is 307 g/mol. The van der Waals surface area contributed by atoms with Gasteiger partial charge in [0.05, 0.1) is 16.8 Å². The largest absolute Gasteiger partial charge is 0.312 e. The van der Waals surface area contributed by atoms with Crippen molar-refractivity contribution in [3.63, 3.8) is 0 Å². The molecule has 0 spiro atoms. The normalized spacial score (nSPS) is 10.6. The van der Waals surface area contributed by atoms with Crippen molar-refractivity contribution < 1.29 is 4.39 Å². The van der Waals surface area contributed by atoms with Crippen LogP contribution in [0.4, 0.5) is 4.39 Å². The van der Waals surface area contributed by atoms with Crippen LogP contribution in [-0.4, -0.2) is 4.57 Å². The molecule has 0 saturated carbocycles. The highest BCUT2D eigenvalue weighted by molar-refractivity contribution is 9.10. The van der Waals surface area contributed by atoms with Gasteiger partial charge < -0.3 is 4.57 Å². The summed E-state index contributed by atoms with van der Waals surface area (Å²) in [5.74, 6) is -0.326. The monoisotopic (exact) mass is 314 g/mol. The summed E-state index contributed by atoms with van der Waals surface area (Å²) >= 11 is 3.34. The third kappa shape index (κ3) is 1.92. The fourth-order valence-electron chi connectivity index (χ4n) is 2.14. The van der Waals surface area contributed by atoms with Gasteiger partial charge in [0.2, 0.25) is 0 Å². The predicted octanol–water partition coefficient (Wildman–Crippen LogP) is 4.40. The fraction of sp³-hybridized carbons (Fsp3) is 0. The molecule has 2 aromatic carbocycles. The molecule has 0 aliphatic carbocycles. The Balaban J connectivity index is 2.38. The Labute approximate surface area is 117 Å². The van der Waals surface area contributed by atoms with E-state index in [2.05, 4.69) is 22.0 Å². The van der Waals surface area contributed by atoms with E-state index in [1.165, 1.54) is 6.07 Å². The van der Waals surface area contributed by atoms with Gasteiger partial charge in [-0.05, 0) is 24.3 Å². The zero-order valence-corrected chi connectivity index (χ0v) is 11.4. The number of fused-ring (bicyclic) bond motifs is 1. The van der Waals surface area contributed by atoms with E-state index in [0.29, 0.717) is 11.3 Å². The van der Waals surface area contributed by atoms with Gasteiger partial charge in [-0.1, -0.05) is 34.1 Å². The maximum Gasteiger partial charge on any atom is 0.147 e. The number of rotatable bonds is 1. The molecule has 3 aromatic rings.